The van der Waals surface area contributed by atoms with E-state index in [4.69, 9.17) is 10.8 Å². The maximum absolute atomic E-state index is 11.7. The molecule has 0 fully saturated rings. The highest BCUT2D eigenvalue weighted by Crippen LogP contribution is 2.05. The zero-order valence-corrected chi connectivity index (χ0v) is 13.2. The number of nitrogens with one attached hydrogen (secondary N) is 2. The van der Waals surface area contributed by atoms with Gasteiger partial charge in [-0.05, 0) is 18.3 Å². The van der Waals surface area contributed by atoms with Crippen molar-refractivity contribution in [1.29, 1.82) is 0 Å². The van der Waals surface area contributed by atoms with Gasteiger partial charge in [0.1, 0.15) is 6.04 Å². The van der Waals surface area contributed by atoms with Crippen LogP contribution in [0.4, 0.5) is 0 Å². The number of hydrogen-bond acceptors (Lipinski definition) is 4. The zero-order chi connectivity index (χ0) is 16.6. The molecule has 7 heteroatoms. The molecule has 0 spiro atoms. The Morgan fingerprint density at radius 1 is 1.19 bits per heavy atom. The van der Waals surface area contributed by atoms with Crippen LogP contribution in [0.15, 0.2) is 0 Å². The van der Waals surface area contributed by atoms with E-state index in [2.05, 4.69) is 10.6 Å². The fourth-order valence-electron chi connectivity index (χ4n) is 1.74. The summed E-state index contributed by atoms with van der Waals surface area (Å²) in [4.78, 5) is 34.4. The van der Waals surface area contributed by atoms with E-state index in [1.807, 2.05) is 27.7 Å². The van der Waals surface area contributed by atoms with Crippen molar-refractivity contribution in [2.45, 2.75) is 52.6 Å². The molecule has 0 aliphatic carbocycles. The van der Waals surface area contributed by atoms with Gasteiger partial charge in [-0.15, -0.1) is 0 Å². The Bertz CT molecular complexity index is 371. The van der Waals surface area contributed by atoms with Gasteiger partial charge < -0.3 is 21.5 Å². The minimum atomic E-state index is -1.08. The standard InChI is InChI=1S/C14H27N3O4/c1-5-9(4)12(15)13(19)16-7-11(18)17-10(14(20)21)6-8(2)3/h8-10,12H,5-7,15H2,1-4H3,(H,16,19)(H,17,18)(H,20,21). The molecule has 7 nitrogen and oxygen atoms in total. The number of aliphatic carboxylic acids is 1. The third kappa shape index (κ3) is 7.65. The molecule has 0 aliphatic rings. The molecule has 0 aromatic rings. The Kier molecular flexibility index (Phi) is 8.61. The second-order valence-corrected chi connectivity index (χ2v) is 5.72. The van der Waals surface area contributed by atoms with Crippen molar-refractivity contribution in [3.8, 4) is 0 Å². The lowest BCUT2D eigenvalue weighted by atomic mass is 9.99. The molecular weight excluding hydrogens is 274 g/mol. The molecule has 0 aromatic heterocycles. The summed E-state index contributed by atoms with van der Waals surface area (Å²) in [6, 6.07) is -1.62. The summed E-state index contributed by atoms with van der Waals surface area (Å²) < 4.78 is 0. The molecule has 0 bridgehead atoms. The van der Waals surface area contributed by atoms with Gasteiger partial charge in [0.05, 0.1) is 12.6 Å². The van der Waals surface area contributed by atoms with Crippen molar-refractivity contribution in [1.82, 2.24) is 10.6 Å². The molecule has 0 saturated carbocycles. The monoisotopic (exact) mass is 301 g/mol. The maximum atomic E-state index is 11.7. The molecular formula is C14H27N3O4. The van der Waals surface area contributed by atoms with E-state index in [1.54, 1.807) is 0 Å². The maximum Gasteiger partial charge on any atom is 0.326 e. The molecule has 0 rings (SSSR count). The van der Waals surface area contributed by atoms with E-state index < -0.39 is 29.9 Å². The van der Waals surface area contributed by atoms with Crippen molar-refractivity contribution in [2.75, 3.05) is 6.54 Å². The number of amides is 2. The number of carboxylic acids is 1. The van der Waals surface area contributed by atoms with Crippen LogP contribution < -0.4 is 16.4 Å². The van der Waals surface area contributed by atoms with E-state index in [1.165, 1.54) is 0 Å². The van der Waals surface area contributed by atoms with E-state index in [9.17, 15) is 14.4 Å². The number of rotatable bonds is 9. The molecule has 3 atom stereocenters. The quantitative estimate of drug-likeness (QED) is 0.481. The van der Waals surface area contributed by atoms with Gasteiger partial charge >= 0.3 is 5.97 Å². The highest BCUT2D eigenvalue weighted by Gasteiger charge is 2.23. The van der Waals surface area contributed by atoms with Crippen molar-refractivity contribution in [3.63, 3.8) is 0 Å². The lowest BCUT2D eigenvalue weighted by Gasteiger charge is -2.19. The van der Waals surface area contributed by atoms with Gasteiger partial charge in [-0.3, -0.25) is 9.59 Å². The first-order valence-electron chi connectivity index (χ1n) is 7.24. The molecule has 0 aromatic carbocycles. The Morgan fingerprint density at radius 3 is 2.19 bits per heavy atom. The summed E-state index contributed by atoms with van der Waals surface area (Å²) in [7, 11) is 0. The van der Waals surface area contributed by atoms with Gasteiger partial charge in [0.15, 0.2) is 0 Å². The summed E-state index contributed by atoms with van der Waals surface area (Å²) in [5.74, 6) is -1.87. The summed E-state index contributed by atoms with van der Waals surface area (Å²) in [6.07, 6.45) is 1.09. The van der Waals surface area contributed by atoms with Gasteiger partial charge in [0.25, 0.3) is 0 Å². The Labute approximate surface area is 125 Å². The van der Waals surface area contributed by atoms with Crippen LogP contribution in [-0.4, -0.2) is 41.5 Å². The third-order valence-electron chi connectivity index (χ3n) is 3.32. The molecule has 3 unspecified atom stereocenters. The lowest BCUT2D eigenvalue weighted by molar-refractivity contribution is -0.142. The number of hydrogen-bond donors (Lipinski definition) is 4. The van der Waals surface area contributed by atoms with Crippen LogP contribution in [0, 0.1) is 11.8 Å². The molecule has 0 radical (unpaired) electrons. The Hall–Kier alpha value is -1.63. The van der Waals surface area contributed by atoms with E-state index in [0.29, 0.717) is 6.42 Å². The highest BCUT2D eigenvalue weighted by molar-refractivity contribution is 5.89. The van der Waals surface area contributed by atoms with Crippen LogP contribution >= 0.6 is 0 Å². The second kappa shape index (κ2) is 9.33. The highest BCUT2D eigenvalue weighted by atomic mass is 16.4. The smallest absolute Gasteiger partial charge is 0.326 e. The first-order chi connectivity index (χ1) is 9.68. The van der Waals surface area contributed by atoms with Crippen LogP contribution in [-0.2, 0) is 14.4 Å². The van der Waals surface area contributed by atoms with Gasteiger partial charge in [-0.1, -0.05) is 34.1 Å². The lowest BCUT2D eigenvalue weighted by Crippen LogP contribution is -2.50. The predicted molar refractivity (Wildman–Crippen MR) is 79.5 cm³/mol. The Balaban J connectivity index is 4.30. The van der Waals surface area contributed by atoms with Crippen LogP contribution in [0.25, 0.3) is 0 Å². The van der Waals surface area contributed by atoms with Crippen molar-refractivity contribution < 1.29 is 19.5 Å². The number of carbonyl (C=O) groups excluding carboxylic acids is 2. The topological polar surface area (TPSA) is 122 Å². The average Bonchev–Trinajstić information content (AvgIpc) is 2.41. The average molecular weight is 301 g/mol. The van der Waals surface area contributed by atoms with Gasteiger partial charge in [0.2, 0.25) is 11.8 Å². The number of carbonyl (C=O) groups is 3. The van der Waals surface area contributed by atoms with Crippen molar-refractivity contribution in [2.24, 2.45) is 17.6 Å². The SMILES string of the molecule is CCC(C)C(N)C(=O)NCC(=O)NC(CC(C)C)C(=O)O. The number of carboxylic acid groups (broad SMARTS) is 1. The fraction of sp³-hybridized carbons (Fsp3) is 0.786. The summed E-state index contributed by atoms with van der Waals surface area (Å²) in [6.45, 7) is 7.25. The minimum absolute atomic E-state index is 0.0146. The van der Waals surface area contributed by atoms with Crippen LogP contribution in [0.2, 0.25) is 0 Å². The largest absolute Gasteiger partial charge is 0.480 e. The molecule has 21 heavy (non-hydrogen) atoms. The molecule has 0 aliphatic heterocycles. The van der Waals surface area contributed by atoms with Crippen molar-refractivity contribution >= 4 is 17.8 Å². The first-order valence-corrected chi connectivity index (χ1v) is 7.24. The number of nitrogens with two attached hydrogens (primary N) is 1. The van der Waals surface area contributed by atoms with Gasteiger partial charge in [0, 0.05) is 0 Å². The van der Waals surface area contributed by atoms with Crippen LogP contribution in [0.5, 0.6) is 0 Å². The summed E-state index contributed by atoms with van der Waals surface area (Å²) >= 11 is 0. The first kappa shape index (κ1) is 19.4. The van der Waals surface area contributed by atoms with E-state index >= 15 is 0 Å². The molecule has 0 heterocycles. The molecule has 2 amide bonds. The zero-order valence-electron chi connectivity index (χ0n) is 13.2. The molecule has 0 saturated heterocycles. The minimum Gasteiger partial charge on any atom is -0.480 e. The second-order valence-electron chi connectivity index (χ2n) is 5.72. The van der Waals surface area contributed by atoms with Gasteiger partial charge in [-0.2, -0.15) is 0 Å². The van der Waals surface area contributed by atoms with Crippen LogP contribution in [0.1, 0.15) is 40.5 Å². The summed E-state index contributed by atoms with van der Waals surface area (Å²) in [5, 5.41) is 13.8. The third-order valence-corrected chi connectivity index (χ3v) is 3.32. The summed E-state index contributed by atoms with van der Waals surface area (Å²) in [5.41, 5.74) is 5.73. The Morgan fingerprint density at radius 2 is 1.76 bits per heavy atom. The van der Waals surface area contributed by atoms with E-state index in [-0.39, 0.29) is 18.4 Å². The van der Waals surface area contributed by atoms with Crippen LogP contribution in [0.3, 0.4) is 0 Å². The molecule has 5 N–H and O–H groups in total. The van der Waals surface area contributed by atoms with Crippen molar-refractivity contribution in [3.05, 3.63) is 0 Å². The fourth-order valence-corrected chi connectivity index (χ4v) is 1.74. The van der Waals surface area contributed by atoms with E-state index in [0.717, 1.165) is 6.42 Å². The molecule has 122 valence electrons. The normalized spacial score (nSPS) is 15.1. The van der Waals surface area contributed by atoms with Gasteiger partial charge in [-0.25, -0.2) is 4.79 Å². The predicted octanol–water partition coefficient (Wildman–Crippen LogP) is 0.0915.